The third-order valence-corrected chi connectivity index (χ3v) is 4.17. The molecule has 1 atom stereocenters. The van der Waals surface area contributed by atoms with E-state index in [1.54, 1.807) is 6.92 Å². The molecule has 2 N–H and O–H groups in total. The zero-order chi connectivity index (χ0) is 15.9. The SMILES string of the molecule is CNC(C)CNC(=O)c1ccccc1SCc1nc(C)no1. The van der Waals surface area contributed by atoms with Gasteiger partial charge in [0, 0.05) is 17.5 Å². The van der Waals surface area contributed by atoms with Crippen molar-refractivity contribution in [3.63, 3.8) is 0 Å². The lowest BCUT2D eigenvalue weighted by molar-refractivity contribution is 0.0947. The van der Waals surface area contributed by atoms with Crippen LogP contribution in [0.2, 0.25) is 0 Å². The lowest BCUT2D eigenvalue weighted by atomic mass is 10.2. The molecule has 0 bridgehead atoms. The lowest BCUT2D eigenvalue weighted by Crippen LogP contribution is -2.37. The maximum Gasteiger partial charge on any atom is 0.252 e. The first-order valence-electron chi connectivity index (χ1n) is 7.06. The number of carbonyl (C=O) groups excluding carboxylic acids is 1. The molecule has 0 saturated heterocycles. The van der Waals surface area contributed by atoms with Crippen LogP contribution in [0.1, 0.15) is 29.0 Å². The van der Waals surface area contributed by atoms with Crippen LogP contribution < -0.4 is 10.6 Å². The molecule has 118 valence electrons. The number of carbonyl (C=O) groups is 1. The van der Waals surface area contributed by atoms with E-state index in [1.807, 2.05) is 38.2 Å². The fourth-order valence-electron chi connectivity index (χ4n) is 1.76. The summed E-state index contributed by atoms with van der Waals surface area (Å²) in [5.41, 5.74) is 0.659. The average molecular weight is 320 g/mol. The monoisotopic (exact) mass is 320 g/mol. The van der Waals surface area contributed by atoms with Gasteiger partial charge in [-0.15, -0.1) is 11.8 Å². The number of rotatable bonds is 7. The van der Waals surface area contributed by atoms with Gasteiger partial charge >= 0.3 is 0 Å². The van der Waals surface area contributed by atoms with Gasteiger partial charge in [-0.05, 0) is 33.0 Å². The maximum atomic E-state index is 12.3. The van der Waals surface area contributed by atoms with Crippen LogP contribution in [0.15, 0.2) is 33.7 Å². The Morgan fingerprint density at radius 3 is 2.86 bits per heavy atom. The third-order valence-electron chi connectivity index (χ3n) is 3.11. The Bertz CT molecular complexity index is 630. The van der Waals surface area contributed by atoms with Crippen molar-refractivity contribution in [2.45, 2.75) is 30.5 Å². The molecule has 0 aliphatic heterocycles. The summed E-state index contributed by atoms with van der Waals surface area (Å²) in [6, 6.07) is 7.74. The minimum Gasteiger partial charge on any atom is -0.350 e. The van der Waals surface area contributed by atoms with E-state index in [-0.39, 0.29) is 11.9 Å². The smallest absolute Gasteiger partial charge is 0.252 e. The van der Waals surface area contributed by atoms with Gasteiger partial charge in [0.05, 0.1) is 11.3 Å². The Hall–Kier alpha value is -1.86. The highest BCUT2D eigenvalue weighted by molar-refractivity contribution is 7.98. The van der Waals surface area contributed by atoms with Gasteiger partial charge in [0.2, 0.25) is 5.89 Å². The van der Waals surface area contributed by atoms with Crippen molar-refractivity contribution in [2.24, 2.45) is 0 Å². The molecule has 0 saturated carbocycles. The average Bonchev–Trinajstić information content (AvgIpc) is 2.96. The molecule has 1 unspecified atom stereocenters. The van der Waals surface area contributed by atoms with Crippen molar-refractivity contribution in [3.05, 3.63) is 41.5 Å². The van der Waals surface area contributed by atoms with Crippen molar-refractivity contribution in [1.29, 1.82) is 0 Å². The molecule has 1 amide bonds. The van der Waals surface area contributed by atoms with Crippen LogP contribution in [0.5, 0.6) is 0 Å². The molecule has 0 spiro atoms. The van der Waals surface area contributed by atoms with E-state index in [9.17, 15) is 4.79 Å². The highest BCUT2D eigenvalue weighted by atomic mass is 32.2. The Kier molecular flexibility index (Phi) is 5.97. The molecule has 0 radical (unpaired) electrons. The topological polar surface area (TPSA) is 80.0 Å². The summed E-state index contributed by atoms with van der Waals surface area (Å²) < 4.78 is 5.09. The minimum absolute atomic E-state index is 0.0769. The molecule has 6 nitrogen and oxygen atoms in total. The first-order valence-corrected chi connectivity index (χ1v) is 8.05. The number of aromatic nitrogens is 2. The molecule has 0 fully saturated rings. The van der Waals surface area contributed by atoms with Gasteiger partial charge in [-0.3, -0.25) is 4.79 Å². The molecule has 2 rings (SSSR count). The summed E-state index contributed by atoms with van der Waals surface area (Å²) >= 11 is 1.51. The van der Waals surface area contributed by atoms with Gasteiger partial charge in [-0.25, -0.2) is 0 Å². The van der Waals surface area contributed by atoms with Crippen molar-refractivity contribution in [3.8, 4) is 0 Å². The van der Waals surface area contributed by atoms with Crippen molar-refractivity contribution >= 4 is 17.7 Å². The van der Waals surface area contributed by atoms with Gasteiger partial charge in [0.25, 0.3) is 5.91 Å². The highest BCUT2D eigenvalue weighted by Crippen LogP contribution is 2.25. The number of aryl methyl sites for hydroxylation is 1. The van der Waals surface area contributed by atoms with E-state index in [0.29, 0.717) is 29.6 Å². The van der Waals surface area contributed by atoms with Gasteiger partial charge in [0.15, 0.2) is 5.82 Å². The largest absolute Gasteiger partial charge is 0.350 e. The fraction of sp³-hybridized carbons (Fsp3) is 0.400. The van der Waals surface area contributed by atoms with Gasteiger partial charge in [-0.2, -0.15) is 4.98 Å². The van der Waals surface area contributed by atoms with Crippen molar-refractivity contribution in [1.82, 2.24) is 20.8 Å². The normalized spacial score (nSPS) is 12.1. The van der Waals surface area contributed by atoms with Crippen LogP contribution in [0, 0.1) is 6.92 Å². The van der Waals surface area contributed by atoms with E-state index < -0.39 is 0 Å². The molecule has 1 heterocycles. The summed E-state index contributed by atoms with van der Waals surface area (Å²) in [5, 5.41) is 9.77. The Morgan fingerprint density at radius 2 is 2.18 bits per heavy atom. The molecular weight excluding hydrogens is 300 g/mol. The summed E-state index contributed by atoms with van der Waals surface area (Å²) in [5.74, 6) is 1.63. The van der Waals surface area contributed by atoms with Crippen molar-refractivity contribution in [2.75, 3.05) is 13.6 Å². The number of benzene rings is 1. The van der Waals surface area contributed by atoms with Gasteiger partial charge in [-0.1, -0.05) is 17.3 Å². The third kappa shape index (κ3) is 4.57. The zero-order valence-corrected chi connectivity index (χ0v) is 13.7. The summed E-state index contributed by atoms with van der Waals surface area (Å²) in [6.45, 7) is 4.37. The second kappa shape index (κ2) is 7.95. The lowest BCUT2D eigenvalue weighted by Gasteiger charge is -2.13. The summed E-state index contributed by atoms with van der Waals surface area (Å²) in [7, 11) is 1.87. The van der Waals surface area contributed by atoms with E-state index in [4.69, 9.17) is 4.52 Å². The highest BCUT2D eigenvalue weighted by Gasteiger charge is 2.13. The molecular formula is C15H20N4O2S. The number of thioether (sulfide) groups is 1. The molecule has 22 heavy (non-hydrogen) atoms. The summed E-state index contributed by atoms with van der Waals surface area (Å²) in [4.78, 5) is 17.4. The molecule has 0 aliphatic carbocycles. The number of hydrogen-bond donors (Lipinski definition) is 2. The van der Waals surface area contributed by atoms with Crippen LogP contribution in [0.25, 0.3) is 0 Å². The van der Waals surface area contributed by atoms with Gasteiger partial charge in [0.1, 0.15) is 0 Å². The number of amides is 1. The Labute approximate surface area is 134 Å². The zero-order valence-electron chi connectivity index (χ0n) is 12.9. The van der Waals surface area contributed by atoms with E-state index in [2.05, 4.69) is 20.8 Å². The molecule has 2 aromatic rings. The second-order valence-corrected chi connectivity index (χ2v) is 5.94. The van der Waals surface area contributed by atoms with E-state index in [1.165, 1.54) is 11.8 Å². The Morgan fingerprint density at radius 1 is 1.41 bits per heavy atom. The van der Waals surface area contributed by atoms with Crippen LogP contribution in [0.3, 0.4) is 0 Å². The standard InChI is InChI=1S/C15H20N4O2S/c1-10(16-3)8-17-15(20)12-6-4-5-7-13(12)22-9-14-18-11(2)19-21-14/h4-7,10,16H,8-9H2,1-3H3,(H,17,20). The van der Waals surface area contributed by atoms with Crippen LogP contribution in [-0.4, -0.2) is 35.7 Å². The van der Waals surface area contributed by atoms with Crippen molar-refractivity contribution < 1.29 is 9.32 Å². The first-order chi connectivity index (χ1) is 10.6. The maximum absolute atomic E-state index is 12.3. The van der Waals surface area contributed by atoms with E-state index in [0.717, 1.165) is 4.90 Å². The summed E-state index contributed by atoms with van der Waals surface area (Å²) in [6.07, 6.45) is 0. The first kappa shape index (κ1) is 16.5. The predicted octanol–water partition coefficient (Wildman–Crippen LogP) is 2.01. The number of nitrogens with one attached hydrogen (secondary N) is 2. The fourth-order valence-corrected chi connectivity index (χ4v) is 2.65. The molecule has 0 aliphatic rings. The van der Waals surface area contributed by atoms with E-state index >= 15 is 0 Å². The molecule has 7 heteroatoms. The second-order valence-electron chi connectivity index (χ2n) is 4.92. The quantitative estimate of drug-likeness (QED) is 0.760. The number of likely N-dealkylation sites (N-methyl/N-ethyl adjacent to an activating group) is 1. The van der Waals surface area contributed by atoms with Crippen LogP contribution in [-0.2, 0) is 5.75 Å². The Balaban J connectivity index is 2.01. The number of nitrogens with zero attached hydrogens (tertiary/aromatic N) is 2. The van der Waals surface area contributed by atoms with Crippen LogP contribution in [0.4, 0.5) is 0 Å². The molecule has 1 aromatic heterocycles. The predicted molar refractivity (Wildman–Crippen MR) is 85.9 cm³/mol. The molecule has 1 aromatic carbocycles. The number of hydrogen-bond acceptors (Lipinski definition) is 6. The van der Waals surface area contributed by atoms with Gasteiger partial charge < -0.3 is 15.2 Å². The minimum atomic E-state index is -0.0769. The van der Waals surface area contributed by atoms with Crippen LogP contribution >= 0.6 is 11.8 Å².